The van der Waals surface area contributed by atoms with Gasteiger partial charge in [-0.15, -0.1) is 0 Å². The molecular formula is C14H28N2O3. The van der Waals surface area contributed by atoms with E-state index in [9.17, 15) is 9.59 Å². The van der Waals surface area contributed by atoms with Crippen molar-refractivity contribution in [3.8, 4) is 0 Å². The number of hydrogen-bond acceptors (Lipinski definition) is 3. The van der Waals surface area contributed by atoms with Crippen molar-refractivity contribution in [1.29, 1.82) is 0 Å². The Balaban J connectivity index is 4.23. The third-order valence-electron chi connectivity index (χ3n) is 3.17. The Morgan fingerprint density at radius 3 is 2.16 bits per heavy atom. The molecule has 1 amide bonds. The van der Waals surface area contributed by atoms with Gasteiger partial charge in [-0.25, -0.2) is 0 Å². The number of hydrogen-bond donors (Lipinski definition) is 3. The molecule has 0 aliphatic rings. The molecule has 0 aliphatic carbocycles. The molecule has 0 aromatic rings. The van der Waals surface area contributed by atoms with Crippen LogP contribution in [0.3, 0.4) is 0 Å². The molecule has 0 spiro atoms. The monoisotopic (exact) mass is 272 g/mol. The molecule has 0 aromatic carbocycles. The summed E-state index contributed by atoms with van der Waals surface area (Å²) in [6.45, 7) is 10.0. The summed E-state index contributed by atoms with van der Waals surface area (Å²) in [7, 11) is 0. The van der Waals surface area contributed by atoms with Crippen LogP contribution in [-0.2, 0) is 9.59 Å². The number of rotatable bonds is 7. The molecule has 0 heterocycles. The first-order valence-corrected chi connectivity index (χ1v) is 6.79. The van der Waals surface area contributed by atoms with Crippen LogP contribution in [0.2, 0.25) is 0 Å². The summed E-state index contributed by atoms with van der Waals surface area (Å²) in [5.74, 6) is -1.30. The van der Waals surface area contributed by atoms with Crippen LogP contribution in [0.4, 0.5) is 0 Å². The van der Waals surface area contributed by atoms with Gasteiger partial charge >= 0.3 is 5.97 Å². The summed E-state index contributed by atoms with van der Waals surface area (Å²) < 4.78 is 0. The summed E-state index contributed by atoms with van der Waals surface area (Å²) in [4.78, 5) is 22.8. The van der Waals surface area contributed by atoms with Crippen LogP contribution < -0.4 is 11.1 Å². The maximum absolute atomic E-state index is 11.7. The van der Waals surface area contributed by atoms with E-state index in [-0.39, 0.29) is 36.2 Å². The quantitative estimate of drug-likeness (QED) is 0.656. The van der Waals surface area contributed by atoms with E-state index in [1.807, 2.05) is 34.6 Å². The first-order valence-electron chi connectivity index (χ1n) is 6.79. The molecule has 0 aromatic heterocycles. The lowest BCUT2D eigenvalue weighted by Gasteiger charge is -2.26. The molecule has 0 rings (SSSR count). The van der Waals surface area contributed by atoms with Crippen LogP contribution in [0.5, 0.6) is 0 Å². The maximum atomic E-state index is 11.7. The zero-order valence-corrected chi connectivity index (χ0v) is 12.7. The molecule has 2 atom stereocenters. The minimum atomic E-state index is -0.867. The second-order valence-corrected chi connectivity index (χ2v) is 6.65. The van der Waals surface area contributed by atoms with Crippen molar-refractivity contribution in [2.45, 2.75) is 53.5 Å². The molecule has 0 aliphatic heterocycles. The van der Waals surface area contributed by atoms with Crippen molar-refractivity contribution in [3.05, 3.63) is 0 Å². The Morgan fingerprint density at radius 2 is 1.79 bits per heavy atom. The molecule has 0 bridgehead atoms. The Hall–Kier alpha value is -1.10. The van der Waals surface area contributed by atoms with Crippen molar-refractivity contribution in [2.24, 2.45) is 23.0 Å². The van der Waals surface area contributed by atoms with Crippen molar-refractivity contribution < 1.29 is 14.7 Å². The molecule has 0 fully saturated rings. The number of aliphatic carboxylic acids is 1. The van der Waals surface area contributed by atoms with Crippen LogP contribution in [0.15, 0.2) is 0 Å². The number of nitrogens with two attached hydrogens (primary N) is 1. The third-order valence-corrected chi connectivity index (χ3v) is 3.17. The van der Waals surface area contributed by atoms with Crippen molar-refractivity contribution >= 4 is 11.9 Å². The third kappa shape index (κ3) is 7.82. The van der Waals surface area contributed by atoms with Crippen molar-refractivity contribution in [3.63, 3.8) is 0 Å². The minimum Gasteiger partial charge on any atom is -0.481 e. The molecule has 4 N–H and O–H groups in total. The Kier molecular flexibility index (Phi) is 7.05. The molecule has 5 heteroatoms. The maximum Gasteiger partial charge on any atom is 0.308 e. The van der Waals surface area contributed by atoms with Crippen molar-refractivity contribution in [1.82, 2.24) is 5.32 Å². The highest BCUT2D eigenvalue weighted by Crippen LogP contribution is 2.19. The van der Waals surface area contributed by atoms with Crippen LogP contribution in [0.1, 0.15) is 47.5 Å². The van der Waals surface area contributed by atoms with Gasteiger partial charge in [0, 0.05) is 19.0 Å². The van der Waals surface area contributed by atoms with E-state index in [1.54, 1.807) is 0 Å². The summed E-state index contributed by atoms with van der Waals surface area (Å²) in [5.41, 5.74) is 5.78. The van der Waals surface area contributed by atoms with Gasteiger partial charge in [0.1, 0.15) is 0 Å². The standard InChI is InChI=1S/C14H28N2O3/c1-9(2)6-10(13(18)19)8-16-12(17)7-11(15)14(3,4)5/h9-11H,6-8,15H2,1-5H3,(H,16,17)(H,18,19). The second-order valence-electron chi connectivity index (χ2n) is 6.65. The van der Waals surface area contributed by atoms with Gasteiger partial charge < -0.3 is 16.2 Å². The van der Waals surface area contributed by atoms with Gasteiger partial charge in [0.25, 0.3) is 0 Å². The van der Waals surface area contributed by atoms with E-state index in [2.05, 4.69) is 5.32 Å². The van der Waals surface area contributed by atoms with Crippen LogP contribution >= 0.6 is 0 Å². The van der Waals surface area contributed by atoms with Gasteiger partial charge in [0.2, 0.25) is 5.91 Å². The fraction of sp³-hybridized carbons (Fsp3) is 0.857. The van der Waals surface area contributed by atoms with E-state index in [1.165, 1.54) is 0 Å². The van der Waals surface area contributed by atoms with Crippen molar-refractivity contribution in [2.75, 3.05) is 6.54 Å². The molecule has 19 heavy (non-hydrogen) atoms. The Bertz CT molecular complexity index is 308. The number of carbonyl (C=O) groups is 2. The van der Waals surface area contributed by atoms with Gasteiger partial charge in [0.15, 0.2) is 0 Å². The first kappa shape index (κ1) is 17.9. The summed E-state index contributed by atoms with van der Waals surface area (Å²) in [6.07, 6.45) is 0.776. The smallest absolute Gasteiger partial charge is 0.308 e. The Labute approximate surface area is 115 Å². The lowest BCUT2D eigenvalue weighted by molar-refractivity contribution is -0.142. The summed E-state index contributed by atoms with van der Waals surface area (Å²) in [6, 6.07) is -0.235. The van der Waals surface area contributed by atoms with E-state index >= 15 is 0 Å². The van der Waals surface area contributed by atoms with E-state index < -0.39 is 11.9 Å². The lowest BCUT2D eigenvalue weighted by atomic mass is 9.85. The van der Waals surface area contributed by atoms with Gasteiger partial charge in [-0.2, -0.15) is 0 Å². The fourth-order valence-corrected chi connectivity index (χ4v) is 1.66. The highest BCUT2D eigenvalue weighted by molar-refractivity contribution is 5.78. The number of carbonyl (C=O) groups excluding carboxylic acids is 1. The van der Waals surface area contributed by atoms with Gasteiger partial charge in [0.05, 0.1) is 5.92 Å². The van der Waals surface area contributed by atoms with Crippen LogP contribution in [0, 0.1) is 17.3 Å². The summed E-state index contributed by atoms with van der Waals surface area (Å²) in [5, 5.41) is 11.7. The lowest BCUT2D eigenvalue weighted by Crippen LogP contribution is -2.41. The largest absolute Gasteiger partial charge is 0.481 e. The molecule has 0 saturated carbocycles. The van der Waals surface area contributed by atoms with Gasteiger partial charge in [-0.1, -0.05) is 34.6 Å². The van der Waals surface area contributed by atoms with E-state index in [0.29, 0.717) is 6.42 Å². The molecule has 2 unspecified atom stereocenters. The SMILES string of the molecule is CC(C)CC(CNC(=O)CC(N)C(C)(C)C)C(=O)O. The number of nitrogens with one attached hydrogen (secondary N) is 1. The minimum absolute atomic E-state index is 0.137. The first-order chi connectivity index (χ1) is 8.54. The van der Waals surface area contributed by atoms with E-state index in [4.69, 9.17) is 10.8 Å². The molecule has 112 valence electrons. The normalized spacial score (nSPS) is 15.1. The molecule has 0 radical (unpaired) electrons. The van der Waals surface area contributed by atoms with Crippen LogP contribution in [0.25, 0.3) is 0 Å². The van der Waals surface area contributed by atoms with E-state index in [0.717, 1.165) is 0 Å². The molecule has 0 saturated heterocycles. The van der Waals surface area contributed by atoms with Gasteiger partial charge in [-0.05, 0) is 17.8 Å². The zero-order valence-electron chi connectivity index (χ0n) is 12.7. The summed E-state index contributed by atoms with van der Waals surface area (Å²) >= 11 is 0. The predicted octanol–water partition coefficient (Wildman–Crippen LogP) is 1.61. The number of carboxylic acid groups (broad SMARTS) is 1. The highest BCUT2D eigenvalue weighted by atomic mass is 16.4. The highest BCUT2D eigenvalue weighted by Gasteiger charge is 2.24. The zero-order chi connectivity index (χ0) is 15.2. The predicted molar refractivity (Wildman–Crippen MR) is 75.6 cm³/mol. The molecular weight excluding hydrogens is 244 g/mol. The van der Waals surface area contributed by atoms with Crippen LogP contribution in [-0.4, -0.2) is 29.6 Å². The number of carboxylic acids is 1. The average molecular weight is 272 g/mol. The number of amides is 1. The van der Waals surface area contributed by atoms with Gasteiger partial charge in [-0.3, -0.25) is 9.59 Å². The molecule has 5 nitrogen and oxygen atoms in total. The Morgan fingerprint density at radius 1 is 1.26 bits per heavy atom. The topological polar surface area (TPSA) is 92.4 Å². The fourth-order valence-electron chi connectivity index (χ4n) is 1.66. The average Bonchev–Trinajstić information content (AvgIpc) is 2.21. The second kappa shape index (κ2) is 7.48.